The van der Waals surface area contributed by atoms with Crippen molar-refractivity contribution < 1.29 is 9.59 Å². The van der Waals surface area contributed by atoms with Crippen LogP contribution >= 0.6 is 27.7 Å². The topological polar surface area (TPSA) is 58.2 Å². The second-order valence-corrected chi connectivity index (χ2v) is 5.53. The molecule has 0 radical (unpaired) electrons. The van der Waals surface area contributed by atoms with E-state index in [0.29, 0.717) is 5.69 Å². The first-order valence-electron chi connectivity index (χ1n) is 5.40. The molecule has 0 spiro atoms. The lowest BCUT2D eigenvalue weighted by atomic mass is 10.3. The summed E-state index contributed by atoms with van der Waals surface area (Å²) in [6.07, 6.45) is 1.95. The maximum Gasteiger partial charge on any atom is 0.313 e. The van der Waals surface area contributed by atoms with Gasteiger partial charge >= 0.3 is 11.8 Å². The number of carbonyl (C=O) groups is 2. The van der Waals surface area contributed by atoms with E-state index in [1.807, 2.05) is 19.2 Å². The highest BCUT2D eigenvalue weighted by Crippen LogP contribution is 2.20. The number of benzene rings is 1. The summed E-state index contributed by atoms with van der Waals surface area (Å²) in [5.74, 6) is -0.504. The van der Waals surface area contributed by atoms with Crippen molar-refractivity contribution in [2.24, 2.45) is 0 Å². The zero-order valence-electron chi connectivity index (χ0n) is 10.2. The Morgan fingerprint density at radius 1 is 1.33 bits per heavy atom. The zero-order valence-corrected chi connectivity index (χ0v) is 12.6. The van der Waals surface area contributed by atoms with E-state index < -0.39 is 11.8 Å². The normalized spacial score (nSPS) is 11.7. The summed E-state index contributed by atoms with van der Waals surface area (Å²) in [7, 11) is 0. The molecule has 1 unspecified atom stereocenters. The Labute approximate surface area is 119 Å². The van der Waals surface area contributed by atoms with Crippen LogP contribution in [0.5, 0.6) is 0 Å². The fraction of sp³-hybridized carbons (Fsp3) is 0.333. The van der Waals surface area contributed by atoms with Crippen LogP contribution in [-0.4, -0.2) is 29.9 Å². The average molecular weight is 331 g/mol. The van der Waals surface area contributed by atoms with Gasteiger partial charge in [-0.3, -0.25) is 9.59 Å². The Kier molecular flexibility index (Phi) is 6.21. The molecule has 0 aliphatic carbocycles. The Balaban J connectivity index is 2.55. The van der Waals surface area contributed by atoms with Crippen molar-refractivity contribution in [1.29, 1.82) is 0 Å². The summed E-state index contributed by atoms with van der Waals surface area (Å²) in [6, 6.07) is 7.11. The van der Waals surface area contributed by atoms with Crippen molar-refractivity contribution in [2.75, 3.05) is 17.3 Å². The Morgan fingerprint density at radius 2 is 2.00 bits per heavy atom. The standard InChI is InChI=1S/C12H15BrN2O2S/c1-8(7-18-2)14-11(16)12(17)15-10-6-4-3-5-9(10)13/h3-6,8H,7H2,1-2H3,(H,14,16)(H,15,17). The zero-order chi connectivity index (χ0) is 13.5. The van der Waals surface area contributed by atoms with Crippen molar-refractivity contribution in [3.05, 3.63) is 28.7 Å². The maximum absolute atomic E-state index is 11.7. The number of halogens is 1. The van der Waals surface area contributed by atoms with Crippen LogP contribution in [0.15, 0.2) is 28.7 Å². The number of rotatable bonds is 4. The predicted octanol–water partition coefficient (Wildman–Crippen LogP) is 2.26. The van der Waals surface area contributed by atoms with Crippen LogP contribution in [0.4, 0.5) is 5.69 Å². The van der Waals surface area contributed by atoms with Gasteiger partial charge in [0.05, 0.1) is 5.69 Å². The molecule has 4 nitrogen and oxygen atoms in total. The van der Waals surface area contributed by atoms with Gasteiger partial charge in [-0.15, -0.1) is 0 Å². The summed E-state index contributed by atoms with van der Waals surface area (Å²) in [6.45, 7) is 1.86. The van der Waals surface area contributed by atoms with Gasteiger partial charge in [0, 0.05) is 16.3 Å². The van der Waals surface area contributed by atoms with E-state index in [2.05, 4.69) is 26.6 Å². The minimum Gasteiger partial charge on any atom is -0.345 e. The van der Waals surface area contributed by atoms with Crippen LogP contribution in [-0.2, 0) is 9.59 Å². The van der Waals surface area contributed by atoms with E-state index in [1.54, 1.807) is 30.0 Å². The molecule has 0 aliphatic heterocycles. The largest absolute Gasteiger partial charge is 0.345 e. The first-order valence-corrected chi connectivity index (χ1v) is 7.58. The van der Waals surface area contributed by atoms with Crippen molar-refractivity contribution in [3.63, 3.8) is 0 Å². The number of hydrogen-bond acceptors (Lipinski definition) is 3. The number of anilines is 1. The molecule has 0 heterocycles. The number of thioether (sulfide) groups is 1. The molecule has 6 heteroatoms. The van der Waals surface area contributed by atoms with Gasteiger partial charge in [-0.1, -0.05) is 12.1 Å². The summed E-state index contributed by atoms with van der Waals surface area (Å²) in [5.41, 5.74) is 0.579. The van der Waals surface area contributed by atoms with Gasteiger partial charge in [-0.05, 0) is 41.2 Å². The van der Waals surface area contributed by atoms with Gasteiger partial charge < -0.3 is 10.6 Å². The molecule has 0 saturated heterocycles. The highest BCUT2D eigenvalue weighted by atomic mass is 79.9. The Morgan fingerprint density at radius 3 is 2.61 bits per heavy atom. The summed E-state index contributed by atoms with van der Waals surface area (Å²) in [4.78, 5) is 23.2. The van der Waals surface area contributed by atoms with Gasteiger partial charge in [0.2, 0.25) is 0 Å². The van der Waals surface area contributed by atoms with E-state index in [-0.39, 0.29) is 6.04 Å². The lowest BCUT2D eigenvalue weighted by Gasteiger charge is -2.12. The third-order valence-electron chi connectivity index (χ3n) is 2.12. The molecule has 98 valence electrons. The molecule has 18 heavy (non-hydrogen) atoms. The summed E-state index contributed by atoms with van der Waals surface area (Å²) in [5, 5.41) is 5.19. The molecule has 1 rings (SSSR count). The van der Waals surface area contributed by atoms with Crippen LogP contribution in [0.3, 0.4) is 0 Å². The van der Waals surface area contributed by atoms with E-state index in [0.717, 1.165) is 10.2 Å². The van der Waals surface area contributed by atoms with Gasteiger partial charge in [0.15, 0.2) is 0 Å². The van der Waals surface area contributed by atoms with Gasteiger partial charge in [0.25, 0.3) is 0 Å². The summed E-state index contributed by atoms with van der Waals surface area (Å²) >= 11 is 4.92. The molecule has 0 bridgehead atoms. The molecule has 0 saturated carbocycles. The molecule has 1 aromatic carbocycles. The van der Waals surface area contributed by atoms with Crippen LogP contribution < -0.4 is 10.6 Å². The molecule has 0 aromatic heterocycles. The van der Waals surface area contributed by atoms with E-state index in [9.17, 15) is 9.59 Å². The van der Waals surface area contributed by atoms with Crippen LogP contribution in [0.1, 0.15) is 6.92 Å². The van der Waals surface area contributed by atoms with E-state index >= 15 is 0 Å². The monoisotopic (exact) mass is 330 g/mol. The second-order valence-electron chi connectivity index (χ2n) is 3.76. The highest BCUT2D eigenvalue weighted by Gasteiger charge is 2.16. The summed E-state index contributed by atoms with van der Waals surface area (Å²) < 4.78 is 0.739. The minimum absolute atomic E-state index is 0.0301. The van der Waals surface area contributed by atoms with Crippen molar-refractivity contribution in [1.82, 2.24) is 5.32 Å². The van der Waals surface area contributed by atoms with Crippen LogP contribution in [0.25, 0.3) is 0 Å². The van der Waals surface area contributed by atoms with Crippen LogP contribution in [0, 0.1) is 0 Å². The first kappa shape index (κ1) is 15.0. The van der Waals surface area contributed by atoms with E-state index in [4.69, 9.17) is 0 Å². The van der Waals surface area contributed by atoms with Gasteiger partial charge in [-0.2, -0.15) is 11.8 Å². The Bertz CT molecular complexity index is 440. The molecular weight excluding hydrogens is 316 g/mol. The SMILES string of the molecule is CSCC(C)NC(=O)C(=O)Nc1ccccc1Br. The Hall–Kier alpha value is -1.01. The predicted molar refractivity (Wildman–Crippen MR) is 78.8 cm³/mol. The van der Waals surface area contributed by atoms with Crippen molar-refractivity contribution in [2.45, 2.75) is 13.0 Å². The highest BCUT2D eigenvalue weighted by molar-refractivity contribution is 9.10. The molecular formula is C12H15BrN2O2S. The van der Waals surface area contributed by atoms with Crippen molar-refractivity contribution in [3.8, 4) is 0 Å². The average Bonchev–Trinajstić information content (AvgIpc) is 2.32. The molecule has 1 atom stereocenters. The van der Waals surface area contributed by atoms with E-state index in [1.165, 1.54) is 0 Å². The smallest absolute Gasteiger partial charge is 0.313 e. The lowest BCUT2D eigenvalue weighted by Crippen LogP contribution is -2.41. The second kappa shape index (κ2) is 7.43. The molecule has 0 aliphatic rings. The maximum atomic E-state index is 11.7. The van der Waals surface area contributed by atoms with Gasteiger partial charge in [0.1, 0.15) is 0 Å². The number of nitrogens with one attached hydrogen (secondary N) is 2. The minimum atomic E-state index is -0.658. The van der Waals surface area contributed by atoms with Crippen molar-refractivity contribution >= 4 is 45.2 Å². The quantitative estimate of drug-likeness (QED) is 0.832. The molecule has 1 aromatic rings. The molecule has 2 N–H and O–H groups in total. The fourth-order valence-corrected chi connectivity index (χ4v) is 2.29. The van der Waals surface area contributed by atoms with Crippen LogP contribution in [0.2, 0.25) is 0 Å². The van der Waals surface area contributed by atoms with Gasteiger partial charge in [-0.25, -0.2) is 0 Å². The number of para-hydroxylation sites is 1. The number of hydrogen-bond donors (Lipinski definition) is 2. The fourth-order valence-electron chi connectivity index (χ4n) is 1.32. The third kappa shape index (κ3) is 4.70. The lowest BCUT2D eigenvalue weighted by molar-refractivity contribution is -0.136. The molecule has 0 fully saturated rings. The number of amides is 2. The third-order valence-corrected chi connectivity index (χ3v) is 3.65. The first-order chi connectivity index (χ1) is 8.54. The molecule has 2 amide bonds. The number of carbonyl (C=O) groups excluding carboxylic acids is 2.